The highest BCUT2D eigenvalue weighted by molar-refractivity contribution is 5.92. The van der Waals surface area contributed by atoms with Crippen LogP contribution in [0.4, 0.5) is 0 Å². The van der Waals surface area contributed by atoms with Gasteiger partial charge in [0, 0.05) is 24.5 Å². The van der Waals surface area contributed by atoms with Gasteiger partial charge in [0.15, 0.2) is 0 Å². The van der Waals surface area contributed by atoms with E-state index in [1.165, 1.54) is 11.2 Å². The molecule has 1 aromatic carbocycles. The van der Waals surface area contributed by atoms with Gasteiger partial charge in [-0.3, -0.25) is 9.89 Å². The maximum Gasteiger partial charge on any atom is 0.268 e. The number of amides is 1. The third-order valence-corrected chi connectivity index (χ3v) is 3.91. The number of nitrogens with zero attached hydrogens (tertiary/aromatic N) is 2. The number of H-pyrrole nitrogens is 1. The molecule has 6 N–H and O–H groups in total. The summed E-state index contributed by atoms with van der Waals surface area (Å²) in [5, 5.41) is 11.1. The molecule has 0 radical (unpaired) electrons. The number of aromatic amines is 1. The molecule has 2 aromatic rings. The molecule has 0 aliphatic rings. The van der Waals surface area contributed by atoms with Gasteiger partial charge in [-0.05, 0) is 56.5 Å². The van der Waals surface area contributed by atoms with Gasteiger partial charge < -0.3 is 16.1 Å². The number of hydrazine groups is 1. The van der Waals surface area contributed by atoms with Crippen molar-refractivity contribution in [2.45, 2.75) is 39.8 Å². The third kappa shape index (κ3) is 4.84. The van der Waals surface area contributed by atoms with Gasteiger partial charge in [-0.2, -0.15) is 5.10 Å². The molecule has 0 atom stereocenters. The van der Waals surface area contributed by atoms with E-state index >= 15 is 0 Å². The Balaban J connectivity index is 2.01. The number of aryl methyl sites for hydroxylation is 1. The van der Waals surface area contributed by atoms with Gasteiger partial charge in [-0.1, -0.05) is 12.1 Å². The van der Waals surface area contributed by atoms with Crippen LogP contribution < -0.4 is 16.9 Å². The predicted octanol–water partition coefficient (Wildman–Crippen LogP) is 1.78. The van der Waals surface area contributed by atoms with Crippen molar-refractivity contribution in [1.82, 2.24) is 20.5 Å². The Morgan fingerprint density at radius 1 is 1.36 bits per heavy atom. The van der Waals surface area contributed by atoms with Crippen LogP contribution in [0.25, 0.3) is 11.3 Å². The maximum atomic E-state index is 12.1. The Hall–Kier alpha value is -2.80. The number of rotatable bonds is 5. The molecule has 25 heavy (non-hydrogen) atoms. The molecule has 2 rings (SSSR count). The fourth-order valence-electron chi connectivity index (χ4n) is 2.16. The van der Waals surface area contributed by atoms with Crippen LogP contribution in [0.3, 0.4) is 0 Å². The molecular weight excluding hydrogens is 316 g/mol. The Kier molecular flexibility index (Phi) is 5.48. The number of aromatic nitrogens is 2. The second kappa shape index (κ2) is 7.40. The summed E-state index contributed by atoms with van der Waals surface area (Å²) in [6, 6.07) is 7.93. The predicted molar refractivity (Wildman–Crippen MR) is 98.7 cm³/mol. The van der Waals surface area contributed by atoms with E-state index in [9.17, 15) is 4.79 Å². The first kappa shape index (κ1) is 18.5. The Morgan fingerprint density at radius 3 is 2.64 bits per heavy atom. The fourth-order valence-corrected chi connectivity index (χ4v) is 2.16. The number of carbonyl (C=O) groups excluding carboxylic acids is 1. The van der Waals surface area contributed by atoms with Gasteiger partial charge >= 0.3 is 0 Å². The summed E-state index contributed by atoms with van der Waals surface area (Å²) in [6.07, 6.45) is 3.16. The molecule has 134 valence electrons. The SMILES string of the molecule is Cc1cc(-c2ccn[nH]2)ccc1CNC(=O)/C(N)=C/N(N)C(C)(C)C. The summed E-state index contributed by atoms with van der Waals surface area (Å²) >= 11 is 0. The van der Waals surface area contributed by atoms with Crippen molar-refractivity contribution in [2.75, 3.05) is 0 Å². The summed E-state index contributed by atoms with van der Waals surface area (Å²) in [4.78, 5) is 12.1. The smallest absolute Gasteiger partial charge is 0.268 e. The van der Waals surface area contributed by atoms with E-state index in [1.54, 1.807) is 6.20 Å². The van der Waals surface area contributed by atoms with Crippen molar-refractivity contribution in [3.8, 4) is 11.3 Å². The average molecular weight is 342 g/mol. The minimum absolute atomic E-state index is 0.0733. The van der Waals surface area contributed by atoms with Gasteiger partial charge in [-0.25, -0.2) is 5.84 Å². The lowest BCUT2D eigenvalue weighted by Crippen LogP contribution is -2.44. The average Bonchev–Trinajstić information content (AvgIpc) is 3.06. The first-order valence-corrected chi connectivity index (χ1v) is 8.07. The van der Waals surface area contributed by atoms with E-state index in [0.717, 1.165) is 22.4 Å². The Morgan fingerprint density at radius 2 is 2.08 bits per heavy atom. The number of hydrogen-bond donors (Lipinski definition) is 4. The molecule has 0 fully saturated rings. The molecule has 7 nitrogen and oxygen atoms in total. The third-order valence-electron chi connectivity index (χ3n) is 3.91. The summed E-state index contributed by atoms with van der Waals surface area (Å²) in [5.41, 5.74) is 9.68. The van der Waals surface area contributed by atoms with Crippen molar-refractivity contribution in [3.63, 3.8) is 0 Å². The molecule has 0 bridgehead atoms. The molecule has 0 saturated heterocycles. The summed E-state index contributed by atoms with van der Waals surface area (Å²) < 4.78 is 0. The van der Waals surface area contributed by atoms with Gasteiger partial charge in [0.25, 0.3) is 5.91 Å². The van der Waals surface area contributed by atoms with Crippen LogP contribution in [0.2, 0.25) is 0 Å². The number of nitrogens with one attached hydrogen (secondary N) is 2. The zero-order valence-electron chi connectivity index (χ0n) is 15.1. The summed E-state index contributed by atoms with van der Waals surface area (Å²) in [6.45, 7) is 8.18. The zero-order valence-corrected chi connectivity index (χ0v) is 15.1. The monoisotopic (exact) mass is 342 g/mol. The number of nitrogens with two attached hydrogens (primary N) is 2. The number of benzene rings is 1. The van der Waals surface area contributed by atoms with Crippen LogP contribution >= 0.6 is 0 Å². The molecule has 0 saturated carbocycles. The van der Waals surface area contributed by atoms with E-state index < -0.39 is 0 Å². The van der Waals surface area contributed by atoms with Crippen molar-refractivity contribution >= 4 is 5.91 Å². The van der Waals surface area contributed by atoms with Gasteiger partial charge in [0.1, 0.15) is 5.70 Å². The standard InChI is InChI=1S/C18H26N6O/c1-12-9-13(16-7-8-22-23-16)5-6-14(12)10-21-17(25)15(19)11-24(20)18(2,3)4/h5-9,11H,10,19-20H2,1-4H3,(H,21,25)(H,22,23)/b15-11-. The first-order chi connectivity index (χ1) is 11.7. The van der Waals surface area contributed by atoms with E-state index in [-0.39, 0.29) is 17.1 Å². The normalized spacial score (nSPS) is 12.1. The Labute approximate surface area is 148 Å². The largest absolute Gasteiger partial charge is 0.393 e. The highest BCUT2D eigenvalue weighted by Crippen LogP contribution is 2.20. The van der Waals surface area contributed by atoms with Crippen molar-refractivity contribution < 1.29 is 4.79 Å². The molecule has 0 spiro atoms. The molecule has 7 heteroatoms. The van der Waals surface area contributed by atoms with Crippen LogP contribution in [0.5, 0.6) is 0 Å². The van der Waals surface area contributed by atoms with E-state index in [0.29, 0.717) is 6.54 Å². The van der Waals surface area contributed by atoms with Gasteiger partial charge in [0.05, 0.1) is 5.69 Å². The van der Waals surface area contributed by atoms with Crippen LogP contribution in [0.1, 0.15) is 31.9 Å². The second-order valence-electron chi connectivity index (χ2n) is 6.96. The first-order valence-electron chi connectivity index (χ1n) is 8.07. The molecule has 0 unspecified atom stereocenters. The van der Waals surface area contributed by atoms with Gasteiger partial charge in [0.2, 0.25) is 0 Å². The Bertz CT molecular complexity index is 758. The highest BCUT2D eigenvalue weighted by Gasteiger charge is 2.16. The van der Waals surface area contributed by atoms with Crippen LogP contribution in [-0.2, 0) is 11.3 Å². The lowest BCUT2D eigenvalue weighted by molar-refractivity contribution is -0.117. The lowest BCUT2D eigenvalue weighted by Gasteiger charge is -2.30. The minimum Gasteiger partial charge on any atom is -0.393 e. The fraction of sp³-hybridized carbons (Fsp3) is 0.333. The molecular formula is C18H26N6O. The van der Waals surface area contributed by atoms with Crippen molar-refractivity contribution in [3.05, 3.63) is 53.5 Å². The zero-order chi connectivity index (χ0) is 18.6. The highest BCUT2D eigenvalue weighted by atomic mass is 16.2. The topological polar surface area (TPSA) is 113 Å². The van der Waals surface area contributed by atoms with Gasteiger partial charge in [-0.15, -0.1) is 0 Å². The van der Waals surface area contributed by atoms with Crippen LogP contribution in [0, 0.1) is 6.92 Å². The minimum atomic E-state index is -0.350. The van der Waals surface area contributed by atoms with Crippen molar-refractivity contribution in [1.29, 1.82) is 0 Å². The summed E-state index contributed by atoms with van der Waals surface area (Å²) in [7, 11) is 0. The quantitative estimate of drug-likeness (QED) is 0.376. The van der Waals surface area contributed by atoms with E-state index in [1.807, 2.05) is 45.9 Å². The molecule has 1 aromatic heterocycles. The molecule has 1 amide bonds. The molecule has 1 heterocycles. The lowest BCUT2D eigenvalue weighted by atomic mass is 10.0. The second-order valence-corrected chi connectivity index (χ2v) is 6.96. The van der Waals surface area contributed by atoms with E-state index in [4.69, 9.17) is 11.6 Å². The van der Waals surface area contributed by atoms with Crippen molar-refractivity contribution in [2.24, 2.45) is 11.6 Å². The molecule has 0 aliphatic heterocycles. The number of carbonyl (C=O) groups is 1. The summed E-state index contributed by atoms with van der Waals surface area (Å²) in [5.74, 6) is 5.52. The number of hydrogen-bond acceptors (Lipinski definition) is 5. The molecule has 0 aliphatic carbocycles. The van der Waals surface area contributed by atoms with Crippen LogP contribution in [-0.4, -0.2) is 26.7 Å². The van der Waals surface area contributed by atoms with Crippen LogP contribution in [0.15, 0.2) is 42.4 Å². The maximum absolute atomic E-state index is 12.1. The van der Waals surface area contributed by atoms with E-state index in [2.05, 4.69) is 21.6 Å².